The Morgan fingerprint density at radius 3 is 2.66 bits per heavy atom. The minimum absolute atomic E-state index is 0.0294. The number of aromatic nitrogens is 4. The molecule has 0 saturated heterocycles. The van der Waals surface area contributed by atoms with Gasteiger partial charge in [-0.15, -0.1) is 0 Å². The van der Waals surface area contributed by atoms with Gasteiger partial charge in [0.05, 0.1) is 17.4 Å². The number of likely N-dealkylation sites (N-methyl/N-ethyl adjacent to an activating group) is 1. The van der Waals surface area contributed by atoms with E-state index in [1.807, 2.05) is 18.2 Å². The molecule has 0 N–H and O–H groups in total. The Balaban J connectivity index is 1.71. The van der Waals surface area contributed by atoms with E-state index in [4.69, 9.17) is 0 Å². The van der Waals surface area contributed by atoms with Crippen LogP contribution in [0.3, 0.4) is 0 Å². The Labute approximate surface area is 187 Å². The summed E-state index contributed by atoms with van der Waals surface area (Å²) in [5, 5.41) is 9.14. The van der Waals surface area contributed by atoms with Crippen LogP contribution >= 0.6 is 0 Å². The molecule has 1 fully saturated rings. The molecule has 0 spiro atoms. The summed E-state index contributed by atoms with van der Waals surface area (Å²) < 4.78 is 1.69. The van der Waals surface area contributed by atoms with Crippen LogP contribution in [0, 0.1) is 5.92 Å². The van der Waals surface area contributed by atoms with E-state index in [0.717, 1.165) is 36.1 Å². The van der Waals surface area contributed by atoms with Crippen molar-refractivity contribution >= 4 is 28.4 Å². The third-order valence-corrected chi connectivity index (χ3v) is 5.58. The molecule has 9 nitrogen and oxygen atoms in total. The molecule has 0 aliphatic heterocycles. The van der Waals surface area contributed by atoms with Gasteiger partial charge in [-0.3, -0.25) is 14.3 Å². The van der Waals surface area contributed by atoms with Crippen LogP contribution in [0.15, 0.2) is 43.0 Å². The van der Waals surface area contributed by atoms with Crippen LogP contribution in [0.2, 0.25) is 0 Å². The summed E-state index contributed by atoms with van der Waals surface area (Å²) in [5.74, 6) is 0.403. The van der Waals surface area contributed by atoms with Crippen molar-refractivity contribution in [2.45, 2.75) is 32.7 Å². The van der Waals surface area contributed by atoms with Crippen LogP contribution in [0.4, 0.5) is 5.69 Å². The Bertz CT molecular complexity index is 1090. The normalized spacial score (nSPS) is 13.5. The first-order valence-corrected chi connectivity index (χ1v) is 11.0. The van der Waals surface area contributed by atoms with Gasteiger partial charge in [0.2, 0.25) is 5.91 Å². The number of amides is 2. The molecule has 2 aromatic heterocycles. The highest BCUT2D eigenvalue weighted by Crippen LogP contribution is 2.32. The molecular formula is C23H29N7O2. The summed E-state index contributed by atoms with van der Waals surface area (Å²) in [6.07, 6.45) is 8.03. The molecule has 0 atom stereocenters. The second-order valence-corrected chi connectivity index (χ2v) is 8.40. The predicted molar refractivity (Wildman–Crippen MR) is 122 cm³/mol. The Morgan fingerprint density at radius 1 is 1.19 bits per heavy atom. The number of hydrogen-bond donors (Lipinski definition) is 0. The van der Waals surface area contributed by atoms with Crippen molar-refractivity contribution < 1.29 is 9.59 Å². The number of carbonyl (C=O) groups is 2. The minimum Gasteiger partial charge on any atom is -0.347 e. The number of rotatable bonds is 9. The fraction of sp³-hybridized carbons (Fsp3) is 0.435. The number of anilines is 1. The molecular weight excluding hydrogens is 406 g/mol. The van der Waals surface area contributed by atoms with Gasteiger partial charge in [-0.05, 0) is 49.4 Å². The van der Waals surface area contributed by atoms with E-state index in [0.29, 0.717) is 11.6 Å². The zero-order valence-electron chi connectivity index (χ0n) is 18.8. The number of fused-ring (bicyclic) bond motifs is 1. The summed E-state index contributed by atoms with van der Waals surface area (Å²) in [6, 6.07) is 7.42. The van der Waals surface area contributed by atoms with Crippen molar-refractivity contribution in [3.8, 4) is 0 Å². The molecule has 0 radical (unpaired) electrons. The van der Waals surface area contributed by atoms with Crippen molar-refractivity contribution in [2.75, 3.05) is 32.2 Å². The van der Waals surface area contributed by atoms with Crippen molar-refractivity contribution in [1.29, 1.82) is 0 Å². The summed E-state index contributed by atoms with van der Waals surface area (Å²) >= 11 is 0. The van der Waals surface area contributed by atoms with E-state index in [-0.39, 0.29) is 18.4 Å². The summed E-state index contributed by atoms with van der Waals surface area (Å²) in [6.45, 7) is 3.88. The predicted octanol–water partition coefficient (Wildman–Crippen LogP) is 2.60. The third kappa shape index (κ3) is 4.77. The number of hydrogen-bond acceptors (Lipinski definition) is 6. The zero-order valence-corrected chi connectivity index (χ0v) is 18.8. The summed E-state index contributed by atoms with van der Waals surface area (Å²) in [7, 11) is 3.45. The maximum Gasteiger partial charge on any atom is 0.291 e. The van der Waals surface area contributed by atoms with Gasteiger partial charge >= 0.3 is 0 Å². The molecule has 1 aliphatic rings. The zero-order chi connectivity index (χ0) is 22.7. The molecule has 4 rings (SSSR count). The number of nitrogens with zero attached hydrogens (tertiary/aromatic N) is 7. The molecule has 1 aromatic carbocycles. The number of benzene rings is 1. The van der Waals surface area contributed by atoms with Crippen LogP contribution in [0.1, 0.15) is 36.7 Å². The van der Waals surface area contributed by atoms with Crippen LogP contribution in [-0.4, -0.2) is 68.7 Å². The average Bonchev–Trinajstić information content (AvgIpc) is 3.53. The first-order chi connectivity index (χ1) is 15.5. The van der Waals surface area contributed by atoms with Gasteiger partial charge in [-0.2, -0.15) is 5.10 Å². The van der Waals surface area contributed by atoms with Gasteiger partial charge in [0.25, 0.3) is 5.91 Å². The smallest absolute Gasteiger partial charge is 0.291 e. The largest absolute Gasteiger partial charge is 0.347 e. The summed E-state index contributed by atoms with van der Waals surface area (Å²) in [4.78, 5) is 35.4. The molecule has 0 bridgehead atoms. The van der Waals surface area contributed by atoms with E-state index in [1.165, 1.54) is 19.2 Å². The lowest BCUT2D eigenvalue weighted by atomic mass is 10.2. The first kappa shape index (κ1) is 21.9. The Hall–Kier alpha value is -3.33. The highest BCUT2D eigenvalue weighted by atomic mass is 16.2. The SMILES string of the molecule is CCCN(CC1CC1)N(C(=O)c1ccncn1)c1ccc2c(cnn2CC(=O)N(C)C)c1. The molecule has 32 heavy (non-hydrogen) atoms. The Kier molecular flexibility index (Phi) is 6.45. The van der Waals surface area contributed by atoms with E-state index >= 15 is 0 Å². The van der Waals surface area contributed by atoms with Crippen molar-refractivity contribution in [3.63, 3.8) is 0 Å². The van der Waals surface area contributed by atoms with Crippen LogP contribution in [0.25, 0.3) is 10.9 Å². The minimum atomic E-state index is -0.184. The van der Waals surface area contributed by atoms with Crippen molar-refractivity contribution in [1.82, 2.24) is 29.7 Å². The monoisotopic (exact) mass is 435 g/mol. The number of carbonyl (C=O) groups excluding carboxylic acids is 2. The van der Waals surface area contributed by atoms with Gasteiger partial charge in [0, 0.05) is 38.8 Å². The molecule has 2 heterocycles. The second kappa shape index (κ2) is 9.44. The Morgan fingerprint density at radius 2 is 2.00 bits per heavy atom. The maximum atomic E-state index is 13.5. The first-order valence-electron chi connectivity index (χ1n) is 11.0. The van der Waals surface area contributed by atoms with E-state index in [9.17, 15) is 9.59 Å². The van der Waals surface area contributed by atoms with E-state index in [2.05, 4.69) is 27.0 Å². The lowest BCUT2D eigenvalue weighted by Crippen LogP contribution is -2.48. The molecule has 2 amide bonds. The van der Waals surface area contributed by atoms with Crippen LogP contribution < -0.4 is 5.01 Å². The molecule has 1 aliphatic carbocycles. The van der Waals surface area contributed by atoms with Gasteiger partial charge in [-0.25, -0.2) is 20.0 Å². The van der Waals surface area contributed by atoms with Crippen LogP contribution in [-0.2, 0) is 11.3 Å². The fourth-order valence-electron chi connectivity index (χ4n) is 3.67. The van der Waals surface area contributed by atoms with Crippen molar-refractivity contribution in [2.24, 2.45) is 5.92 Å². The van der Waals surface area contributed by atoms with E-state index < -0.39 is 0 Å². The van der Waals surface area contributed by atoms with Crippen LogP contribution in [0.5, 0.6) is 0 Å². The fourth-order valence-corrected chi connectivity index (χ4v) is 3.67. The molecule has 0 unspecified atom stereocenters. The summed E-state index contributed by atoms with van der Waals surface area (Å²) in [5.41, 5.74) is 1.96. The highest BCUT2D eigenvalue weighted by molar-refractivity contribution is 6.05. The van der Waals surface area contributed by atoms with Crippen molar-refractivity contribution in [3.05, 3.63) is 48.7 Å². The molecule has 1 saturated carbocycles. The van der Waals surface area contributed by atoms with Gasteiger partial charge in [0.15, 0.2) is 0 Å². The lowest BCUT2D eigenvalue weighted by Gasteiger charge is -2.35. The molecule has 168 valence electrons. The standard InChI is InChI=1S/C23H29N7O2/c1-4-11-28(14-17-5-6-17)30(23(32)20-9-10-24-16-25-20)19-7-8-21-18(12-19)13-26-29(21)15-22(31)27(2)3/h7-10,12-13,16-17H,4-6,11,14-15H2,1-3H3. The van der Waals surface area contributed by atoms with Gasteiger partial charge in [-0.1, -0.05) is 6.92 Å². The second-order valence-electron chi connectivity index (χ2n) is 8.40. The average molecular weight is 436 g/mol. The van der Waals surface area contributed by atoms with E-state index in [1.54, 1.807) is 47.1 Å². The van der Waals surface area contributed by atoms with Gasteiger partial charge in [0.1, 0.15) is 18.6 Å². The molecule has 9 heteroatoms. The number of hydrazine groups is 1. The third-order valence-electron chi connectivity index (χ3n) is 5.58. The topological polar surface area (TPSA) is 87.5 Å². The lowest BCUT2D eigenvalue weighted by molar-refractivity contribution is -0.129. The van der Waals surface area contributed by atoms with Gasteiger partial charge < -0.3 is 4.90 Å². The quantitative estimate of drug-likeness (QED) is 0.480. The highest BCUT2D eigenvalue weighted by Gasteiger charge is 2.31. The molecule has 3 aromatic rings. The maximum absolute atomic E-state index is 13.5.